The van der Waals surface area contributed by atoms with Crippen molar-refractivity contribution in [3.63, 3.8) is 0 Å². The molecule has 1 aromatic carbocycles. The molecule has 0 unspecified atom stereocenters. The van der Waals surface area contributed by atoms with Gasteiger partial charge in [-0.2, -0.15) is 13.2 Å². The van der Waals surface area contributed by atoms with E-state index >= 15 is 0 Å². The highest BCUT2D eigenvalue weighted by Gasteiger charge is 2.30. The van der Waals surface area contributed by atoms with Gasteiger partial charge in [-0.25, -0.2) is 0 Å². The second-order valence-electron chi connectivity index (χ2n) is 3.36. The van der Waals surface area contributed by atoms with Gasteiger partial charge in [-0.15, -0.1) is 0 Å². The Morgan fingerprint density at radius 3 is 2.50 bits per heavy atom. The second kappa shape index (κ2) is 5.07. The van der Waals surface area contributed by atoms with Crippen LogP contribution >= 0.6 is 0 Å². The van der Waals surface area contributed by atoms with Crippen molar-refractivity contribution >= 4 is 11.4 Å². The summed E-state index contributed by atoms with van der Waals surface area (Å²) in [5.41, 5.74) is 6.23. The number of nitrogens with zero attached hydrogens (tertiary/aromatic N) is 1. The number of nitrogen functional groups attached to an aromatic ring is 1. The molecule has 0 aliphatic carbocycles. The third kappa shape index (κ3) is 3.98. The summed E-state index contributed by atoms with van der Waals surface area (Å²) in [7, 11) is 0. The minimum atomic E-state index is -4.31. The molecule has 0 saturated carbocycles. The quantitative estimate of drug-likeness (QED) is 0.778. The van der Waals surface area contributed by atoms with E-state index in [0.29, 0.717) is 11.4 Å². The molecule has 0 radical (unpaired) electrons. The van der Waals surface area contributed by atoms with Crippen LogP contribution in [0, 0.1) is 0 Å². The number of nitrogens with two attached hydrogens (primary N) is 1. The molecule has 6 heteroatoms. The zero-order chi connectivity index (χ0) is 12.2. The van der Waals surface area contributed by atoms with Crippen molar-refractivity contribution in [2.75, 3.05) is 30.3 Å². The predicted molar refractivity (Wildman–Crippen MR) is 56.2 cm³/mol. The fraction of sp³-hybridized carbons (Fsp3) is 0.400. The van der Waals surface area contributed by atoms with Crippen LogP contribution in [-0.2, 0) is 0 Å². The molecule has 0 amide bonds. The summed E-state index contributed by atoms with van der Waals surface area (Å²) in [6, 6.07) is 6.14. The van der Waals surface area contributed by atoms with Gasteiger partial charge in [0.2, 0.25) is 0 Å². The number of rotatable bonds is 4. The Bertz CT molecular complexity index is 341. The largest absolute Gasteiger partial charge is 0.405 e. The van der Waals surface area contributed by atoms with E-state index in [1.165, 1.54) is 12.1 Å². The number of anilines is 2. The Labute approximate surface area is 91.3 Å². The molecular weight excluding hydrogens is 221 g/mol. The van der Waals surface area contributed by atoms with Gasteiger partial charge < -0.3 is 15.7 Å². The monoisotopic (exact) mass is 234 g/mol. The Kier molecular flexibility index (Phi) is 4.00. The molecule has 3 N–H and O–H groups in total. The molecule has 0 heterocycles. The lowest BCUT2D eigenvalue weighted by Gasteiger charge is -2.25. The first-order chi connectivity index (χ1) is 7.42. The van der Waals surface area contributed by atoms with Gasteiger partial charge in [0.25, 0.3) is 0 Å². The molecule has 1 aromatic rings. The minimum absolute atomic E-state index is 0.0804. The van der Waals surface area contributed by atoms with Crippen molar-refractivity contribution in [2.24, 2.45) is 0 Å². The summed E-state index contributed by atoms with van der Waals surface area (Å²) in [6.07, 6.45) is -4.31. The average molecular weight is 234 g/mol. The first-order valence-corrected chi connectivity index (χ1v) is 4.70. The molecule has 0 aliphatic rings. The molecule has 90 valence electrons. The van der Waals surface area contributed by atoms with E-state index in [2.05, 4.69) is 0 Å². The van der Waals surface area contributed by atoms with Gasteiger partial charge in [0.05, 0.1) is 6.61 Å². The van der Waals surface area contributed by atoms with E-state index < -0.39 is 12.7 Å². The Hall–Kier alpha value is -1.43. The lowest BCUT2D eigenvalue weighted by Crippen LogP contribution is -2.36. The Morgan fingerprint density at radius 2 is 2.00 bits per heavy atom. The Balaban J connectivity index is 2.85. The number of benzene rings is 1. The molecule has 0 fully saturated rings. The van der Waals surface area contributed by atoms with Crippen molar-refractivity contribution in [1.82, 2.24) is 0 Å². The van der Waals surface area contributed by atoms with E-state index in [-0.39, 0.29) is 13.2 Å². The number of halogens is 3. The van der Waals surface area contributed by atoms with E-state index in [9.17, 15) is 13.2 Å². The summed E-state index contributed by atoms with van der Waals surface area (Å²) in [6.45, 7) is -1.52. The first kappa shape index (κ1) is 12.6. The van der Waals surface area contributed by atoms with Gasteiger partial charge in [0.1, 0.15) is 6.54 Å². The lowest BCUT2D eigenvalue weighted by atomic mass is 10.2. The third-order valence-corrected chi connectivity index (χ3v) is 1.98. The molecule has 0 aliphatic heterocycles. The van der Waals surface area contributed by atoms with Crippen LogP contribution in [0.4, 0.5) is 24.5 Å². The zero-order valence-corrected chi connectivity index (χ0v) is 8.54. The molecule has 0 bridgehead atoms. The SMILES string of the molecule is Nc1cccc(N(CCO)CC(F)(F)F)c1. The van der Waals surface area contributed by atoms with Crippen molar-refractivity contribution in [2.45, 2.75) is 6.18 Å². The van der Waals surface area contributed by atoms with E-state index in [1.807, 2.05) is 0 Å². The number of alkyl halides is 3. The summed E-state index contributed by atoms with van der Waals surface area (Å²) < 4.78 is 36.8. The second-order valence-corrected chi connectivity index (χ2v) is 3.36. The maximum absolute atomic E-state index is 12.3. The normalized spacial score (nSPS) is 11.5. The zero-order valence-electron chi connectivity index (χ0n) is 8.54. The molecule has 0 atom stereocenters. The first-order valence-electron chi connectivity index (χ1n) is 4.70. The van der Waals surface area contributed by atoms with Gasteiger partial charge in [0, 0.05) is 17.9 Å². The third-order valence-electron chi connectivity index (χ3n) is 1.98. The van der Waals surface area contributed by atoms with Gasteiger partial charge in [0.15, 0.2) is 0 Å². The number of hydrogen-bond acceptors (Lipinski definition) is 3. The van der Waals surface area contributed by atoms with Crippen LogP contribution in [-0.4, -0.2) is 31.0 Å². The van der Waals surface area contributed by atoms with E-state index in [1.54, 1.807) is 12.1 Å². The molecule has 0 spiro atoms. The number of aliphatic hydroxyl groups is 1. The molecular formula is C10H13F3N2O. The van der Waals surface area contributed by atoms with Crippen LogP contribution in [0.5, 0.6) is 0 Å². The van der Waals surface area contributed by atoms with Gasteiger partial charge >= 0.3 is 6.18 Å². The summed E-state index contributed by atoms with van der Waals surface area (Å²) in [5.74, 6) is 0. The number of hydrogen-bond donors (Lipinski definition) is 2. The Morgan fingerprint density at radius 1 is 1.31 bits per heavy atom. The predicted octanol–water partition coefficient (Wildman–Crippen LogP) is 1.63. The van der Waals surface area contributed by atoms with Crippen LogP contribution in [0.15, 0.2) is 24.3 Å². The fourth-order valence-corrected chi connectivity index (χ4v) is 1.36. The highest BCUT2D eigenvalue weighted by Crippen LogP contribution is 2.23. The van der Waals surface area contributed by atoms with E-state index in [4.69, 9.17) is 10.8 Å². The fourth-order valence-electron chi connectivity index (χ4n) is 1.36. The van der Waals surface area contributed by atoms with Crippen LogP contribution in [0.25, 0.3) is 0 Å². The average Bonchev–Trinajstić information content (AvgIpc) is 2.15. The van der Waals surface area contributed by atoms with Crippen molar-refractivity contribution in [1.29, 1.82) is 0 Å². The molecule has 1 rings (SSSR count). The summed E-state index contributed by atoms with van der Waals surface area (Å²) in [5, 5.41) is 8.72. The van der Waals surface area contributed by atoms with Crippen LogP contribution < -0.4 is 10.6 Å². The van der Waals surface area contributed by atoms with Crippen molar-refractivity contribution in [3.05, 3.63) is 24.3 Å². The highest BCUT2D eigenvalue weighted by molar-refractivity contribution is 5.56. The molecule has 16 heavy (non-hydrogen) atoms. The highest BCUT2D eigenvalue weighted by atomic mass is 19.4. The van der Waals surface area contributed by atoms with E-state index in [0.717, 1.165) is 4.90 Å². The lowest BCUT2D eigenvalue weighted by molar-refractivity contribution is -0.119. The van der Waals surface area contributed by atoms with Gasteiger partial charge in [-0.3, -0.25) is 0 Å². The summed E-state index contributed by atoms with van der Waals surface area (Å²) in [4.78, 5) is 1.04. The van der Waals surface area contributed by atoms with Crippen LogP contribution in [0.3, 0.4) is 0 Å². The maximum Gasteiger partial charge on any atom is 0.405 e. The van der Waals surface area contributed by atoms with Crippen LogP contribution in [0.2, 0.25) is 0 Å². The smallest absolute Gasteiger partial charge is 0.399 e. The van der Waals surface area contributed by atoms with Crippen molar-refractivity contribution in [3.8, 4) is 0 Å². The topological polar surface area (TPSA) is 49.5 Å². The van der Waals surface area contributed by atoms with Gasteiger partial charge in [-0.1, -0.05) is 6.07 Å². The van der Waals surface area contributed by atoms with Gasteiger partial charge in [-0.05, 0) is 18.2 Å². The minimum Gasteiger partial charge on any atom is -0.399 e. The maximum atomic E-state index is 12.3. The van der Waals surface area contributed by atoms with Crippen LogP contribution in [0.1, 0.15) is 0 Å². The van der Waals surface area contributed by atoms with Crippen molar-refractivity contribution < 1.29 is 18.3 Å². The standard InChI is InChI=1S/C10H13F3N2O/c11-10(12,13)7-15(4-5-16)9-3-1-2-8(14)6-9/h1-3,6,16H,4-5,7,14H2. The molecule has 0 saturated heterocycles. The molecule has 3 nitrogen and oxygen atoms in total. The molecule has 0 aromatic heterocycles. The number of aliphatic hydroxyl groups excluding tert-OH is 1. The summed E-state index contributed by atoms with van der Waals surface area (Å²) >= 11 is 0.